The van der Waals surface area contributed by atoms with Gasteiger partial charge in [-0.15, -0.1) is 34.4 Å². The van der Waals surface area contributed by atoms with Gasteiger partial charge in [0.1, 0.15) is 0 Å². The molecule has 0 radical (unpaired) electrons. The summed E-state index contributed by atoms with van der Waals surface area (Å²) >= 11 is 5.77. The SMILES string of the molecule is C[C@H]1CC(NCC(c2cccs2)N(C)C)c2ccsc2S1. The van der Waals surface area contributed by atoms with Crippen molar-refractivity contribution in [3.63, 3.8) is 0 Å². The van der Waals surface area contributed by atoms with E-state index >= 15 is 0 Å². The maximum absolute atomic E-state index is 3.82. The first-order chi connectivity index (χ1) is 10.1. The summed E-state index contributed by atoms with van der Waals surface area (Å²) in [5.41, 5.74) is 1.51. The van der Waals surface area contributed by atoms with E-state index in [-0.39, 0.29) is 0 Å². The van der Waals surface area contributed by atoms with E-state index < -0.39 is 0 Å². The zero-order valence-corrected chi connectivity index (χ0v) is 15.2. The molecule has 0 saturated carbocycles. The van der Waals surface area contributed by atoms with E-state index in [9.17, 15) is 0 Å². The molecule has 2 nitrogen and oxygen atoms in total. The third-order valence-electron chi connectivity index (χ3n) is 3.96. The average molecular weight is 339 g/mol. The minimum Gasteiger partial charge on any atom is -0.308 e. The topological polar surface area (TPSA) is 15.3 Å². The van der Waals surface area contributed by atoms with Crippen molar-refractivity contribution in [1.82, 2.24) is 10.2 Å². The summed E-state index contributed by atoms with van der Waals surface area (Å²) in [6.45, 7) is 3.34. The van der Waals surface area contributed by atoms with Crippen molar-refractivity contribution < 1.29 is 0 Å². The third kappa shape index (κ3) is 3.54. The molecule has 0 fully saturated rings. The Kier molecular flexibility index (Phi) is 5.07. The Morgan fingerprint density at radius 2 is 2.14 bits per heavy atom. The largest absolute Gasteiger partial charge is 0.308 e. The number of thiophene rings is 2. The zero-order chi connectivity index (χ0) is 14.8. The van der Waals surface area contributed by atoms with Crippen LogP contribution in [-0.4, -0.2) is 30.8 Å². The highest BCUT2D eigenvalue weighted by atomic mass is 32.2. The van der Waals surface area contributed by atoms with Crippen LogP contribution < -0.4 is 5.32 Å². The fraction of sp³-hybridized carbons (Fsp3) is 0.500. The first-order valence-corrected chi connectivity index (χ1v) is 9.96. The smallest absolute Gasteiger partial charge is 0.0649 e. The van der Waals surface area contributed by atoms with Gasteiger partial charge in [0.25, 0.3) is 0 Å². The molecule has 2 aromatic heterocycles. The van der Waals surface area contributed by atoms with Crippen LogP contribution in [-0.2, 0) is 0 Å². The maximum atomic E-state index is 3.82. The number of likely N-dealkylation sites (N-methyl/N-ethyl adjacent to an activating group) is 1. The van der Waals surface area contributed by atoms with Crippen LogP contribution in [0.3, 0.4) is 0 Å². The third-order valence-corrected chi connectivity index (χ3v) is 7.28. The lowest BCUT2D eigenvalue weighted by molar-refractivity contribution is 0.280. The van der Waals surface area contributed by atoms with Crippen molar-refractivity contribution in [1.29, 1.82) is 0 Å². The average Bonchev–Trinajstić information content (AvgIpc) is 3.08. The maximum Gasteiger partial charge on any atom is 0.0649 e. The van der Waals surface area contributed by atoms with Crippen molar-refractivity contribution in [3.8, 4) is 0 Å². The minimum absolute atomic E-state index is 0.456. The number of hydrogen-bond donors (Lipinski definition) is 1. The predicted molar refractivity (Wildman–Crippen MR) is 95.7 cm³/mol. The minimum atomic E-state index is 0.456. The summed E-state index contributed by atoms with van der Waals surface area (Å²) in [6.07, 6.45) is 1.22. The molecule has 114 valence electrons. The first kappa shape index (κ1) is 15.6. The molecule has 3 rings (SSSR count). The molecule has 0 saturated heterocycles. The molecule has 5 heteroatoms. The Balaban J connectivity index is 1.70. The van der Waals surface area contributed by atoms with Crippen LogP contribution in [0.2, 0.25) is 0 Å². The molecular formula is C16H22N2S3. The van der Waals surface area contributed by atoms with Crippen LogP contribution in [0.4, 0.5) is 0 Å². The molecule has 1 aliphatic heterocycles. The molecule has 1 N–H and O–H groups in total. The summed E-state index contributed by atoms with van der Waals surface area (Å²) in [5, 5.41) is 8.92. The van der Waals surface area contributed by atoms with Crippen molar-refractivity contribution in [3.05, 3.63) is 39.4 Å². The summed E-state index contributed by atoms with van der Waals surface area (Å²) in [7, 11) is 4.34. The molecule has 0 amide bonds. The molecule has 3 heterocycles. The van der Waals surface area contributed by atoms with Gasteiger partial charge < -0.3 is 10.2 Å². The van der Waals surface area contributed by atoms with E-state index in [1.54, 1.807) is 0 Å². The summed E-state index contributed by atoms with van der Waals surface area (Å²) in [6, 6.07) is 7.65. The second-order valence-electron chi connectivity index (χ2n) is 5.78. The number of thioether (sulfide) groups is 1. The van der Waals surface area contributed by atoms with Crippen molar-refractivity contribution in [2.75, 3.05) is 20.6 Å². The highest BCUT2D eigenvalue weighted by Crippen LogP contribution is 2.43. The number of nitrogens with zero attached hydrogens (tertiary/aromatic N) is 1. The molecule has 0 aromatic carbocycles. The lowest BCUT2D eigenvalue weighted by Crippen LogP contribution is -2.34. The lowest BCUT2D eigenvalue weighted by atomic mass is 10.0. The van der Waals surface area contributed by atoms with E-state index in [2.05, 4.69) is 60.2 Å². The van der Waals surface area contributed by atoms with Crippen molar-refractivity contribution in [2.24, 2.45) is 0 Å². The van der Waals surface area contributed by atoms with Gasteiger partial charge in [-0.05, 0) is 49.0 Å². The Bertz CT molecular complexity index is 562. The van der Waals surface area contributed by atoms with Gasteiger partial charge in [0.15, 0.2) is 0 Å². The normalized spacial score (nSPS) is 23.2. The molecule has 0 spiro atoms. The molecule has 0 bridgehead atoms. The van der Waals surface area contributed by atoms with E-state index in [1.165, 1.54) is 21.1 Å². The Hall–Kier alpha value is -0.330. The van der Waals surface area contributed by atoms with Crippen LogP contribution >= 0.6 is 34.4 Å². The van der Waals surface area contributed by atoms with Gasteiger partial charge in [-0.3, -0.25) is 0 Å². The van der Waals surface area contributed by atoms with E-state index in [1.807, 2.05) is 34.4 Å². The van der Waals surface area contributed by atoms with E-state index in [0.29, 0.717) is 17.3 Å². The number of fused-ring (bicyclic) bond motifs is 1. The van der Waals surface area contributed by atoms with E-state index in [4.69, 9.17) is 0 Å². The number of hydrogen-bond acceptors (Lipinski definition) is 5. The highest BCUT2D eigenvalue weighted by Gasteiger charge is 2.27. The molecule has 3 atom stereocenters. The van der Waals surface area contributed by atoms with Crippen LogP contribution in [0.1, 0.15) is 35.9 Å². The van der Waals surface area contributed by atoms with Gasteiger partial charge in [0, 0.05) is 22.7 Å². The highest BCUT2D eigenvalue weighted by molar-refractivity contribution is 8.01. The molecule has 2 unspecified atom stereocenters. The summed E-state index contributed by atoms with van der Waals surface area (Å²) in [5.74, 6) is 0. The summed E-state index contributed by atoms with van der Waals surface area (Å²) < 4.78 is 1.50. The van der Waals surface area contributed by atoms with E-state index in [0.717, 1.165) is 6.54 Å². The lowest BCUT2D eigenvalue weighted by Gasteiger charge is -2.31. The Morgan fingerprint density at radius 3 is 2.86 bits per heavy atom. The van der Waals surface area contributed by atoms with Crippen LogP contribution in [0.15, 0.2) is 33.2 Å². The molecule has 21 heavy (non-hydrogen) atoms. The van der Waals surface area contributed by atoms with Gasteiger partial charge >= 0.3 is 0 Å². The second-order valence-corrected chi connectivity index (χ2v) is 9.39. The quantitative estimate of drug-likeness (QED) is 0.856. The molecular weight excluding hydrogens is 316 g/mol. The van der Waals surface area contributed by atoms with Gasteiger partial charge in [-0.25, -0.2) is 0 Å². The monoisotopic (exact) mass is 338 g/mol. The first-order valence-electron chi connectivity index (χ1n) is 7.32. The standard InChI is InChI=1S/C16H22N2S3/c1-11-9-13(12-6-8-20-16(12)21-11)17-10-14(18(2)3)15-5-4-7-19-15/h4-8,11,13-14,17H,9-10H2,1-3H3/t11-,13?,14?/m0/s1. The fourth-order valence-corrected chi connectivity index (χ4v) is 6.30. The van der Waals surface area contributed by atoms with Gasteiger partial charge in [-0.2, -0.15) is 0 Å². The molecule has 2 aromatic rings. The predicted octanol–water partition coefficient (Wildman–Crippen LogP) is 4.63. The second kappa shape index (κ2) is 6.84. The van der Waals surface area contributed by atoms with Gasteiger partial charge in [-0.1, -0.05) is 13.0 Å². The van der Waals surface area contributed by atoms with Crippen LogP contribution in [0, 0.1) is 0 Å². The zero-order valence-electron chi connectivity index (χ0n) is 12.7. The van der Waals surface area contributed by atoms with Crippen LogP contribution in [0.25, 0.3) is 0 Å². The Labute approximate surface area is 139 Å². The number of nitrogens with one attached hydrogen (secondary N) is 1. The van der Waals surface area contributed by atoms with Crippen LogP contribution in [0.5, 0.6) is 0 Å². The van der Waals surface area contributed by atoms with Gasteiger partial charge in [0.05, 0.1) is 10.3 Å². The van der Waals surface area contributed by atoms with Crippen molar-refractivity contribution >= 4 is 34.4 Å². The van der Waals surface area contributed by atoms with Gasteiger partial charge in [0.2, 0.25) is 0 Å². The number of rotatable bonds is 5. The summed E-state index contributed by atoms with van der Waals surface area (Å²) in [4.78, 5) is 3.75. The fourth-order valence-electron chi connectivity index (χ4n) is 2.81. The molecule has 0 aliphatic carbocycles. The Morgan fingerprint density at radius 1 is 1.29 bits per heavy atom. The van der Waals surface area contributed by atoms with Crippen molar-refractivity contribution in [2.45, 2.75) is 34.9 Å². The molecule has 1 aliphatic rings.